The third kappa shape index (κ3) is 30.0. The van der Waals surface area contributed by atoms with Gasteiger partial charge in [0.25, 0.3) is 7.82 Å². The van der Waals surface area contributed by atoms with E-state index in [4.69, 9.17) is 13.8 Å². The molecular weight excluding hydrogens is 473 g/mol. The fourth-order valence-corrected chi connectivity index (χ4v) is 4.61. The molecule has 36 heavy (non-hydrogen) atoms. The Morgan fingerprint density at radius 2 is 1.06 bits per heavy atom. The Morgan fingerprint density at radius 1 is 0.611 bits per heavy atom. The summed E-state index contributed by atoms with van der Waals surface area (Å²) in [6.45, 7) is 3.95. The molecule has 6 nitrogen and oxygen atoms in total. The average molecular weight is 534 g/mol. The zero-order chi connectivity index (χ0) is 26.8. The number of quaternary nitrogens is 1. The van der Waals surface area contributed by atoms with Gasteiger partial charge in [-0.15, -0.1) is 0 Å². The molecule has 0 saturated heterocycles. The molecular formula is C29H60NO5P. The molecule has 1 atom stereocenters. The second-order valence-corrected chi connectivity index (χ2v) is 12.5. The number of allylic oxidation sites excluding steroid dienone is 2. The minimum Gasteiger partial charge on any atom is -0.756 e. The normalized spacial score (nSPS) is 14.0. The summed E-state index contributed by atoms with van der Waals surface area (Å²) in [5.74, 6) is 0. The molecule has 0 N–H and O–H groups in total. The quantitative estimate of drug-likeness (QED) is 0.0444. The molecule has 0 aromatic rings. The highest BCUT2D eigenvalue weighted by molar-refractivity contribution is 7.45. The van der Waals surface area contributed by atoms with Gasteiger partial charge in [0.1, 0.15) is 13.2 Å². The Kier molecular flexibility index (Phi) is 24.9. The van der Waals surface area contributed by atoms with Gasteiger partial charge in [0.2, 0.25) is 0 Å². The Balaban J connectivity index is 3.26. The highest BCUT2D eigenvalue weighted by atomic mass is 31.2. The molecule has 0 aromatic carbocycles. The molecule has 0 radical (unpaired) electrons. The summed E-state index contributed by atoms with van der Waals surface area (Å²) in [5, 5.41) is 0. The number of ether oxygens (including phenoxy) is 1. The van der Waals surface area contributed by atoms with Crippen LogP contribution in [-0.2, 0) is 18.3 Å². The highest BCUT2D eigenvalue weighted by Crippen LogP contribution is 2.37. The van der Waals surface area contributed by atoms with Gasteiger partial charge in [0, 0.05) is 6.61 Å². The van der Waals surface area contributed by atoms with Gasteiger partial charge in [-0.05, 0) is 32.1 Å². The summed E-state index contributed by atoms with van der Waals surface area (Å²) >= 11 is 0. The van der Waals surface area contributed by atoms with Gasteiger partial charge in [-0.3, -0.25) is 4.57 Å². The molecule has 7 heteroatoms. The SMILES string of the molecule is CCCCCCCC/C=C\CCCCCCCCCCCCOCCOP(=O)([O-])OCC[N+](C)(C)C. The van der Waals surface area contributed by atoms with Crippen LogP contribution in [0.2, 0.25) is 0 Å². The highest BCUT2D eigenvalue weighted by Gasteiger charge is 2.13. The molecule has 0 amide bonds. The van der Waals surface area contributed by atoms with Crippen LogP contribution in [0.3, 0.4) is 0 Å². The van der Waals surface area contributed by atoms with E-state index in [0.29, 0.717) is 17.6 Å². The molecule has 0 heterocycles. The first-order chi connectivity index (χ1) is 17.3. The number of likely N-dealkylation sites (N-methyl/N-ethyl adjacent to an activating group) is 1. The zero-order valence-electron chi connectivity index (χ0n) is 24.4. The molecule has 0 rings (SSSR count). The van der Waals surface area contributed by atoms with E-state index in [2.05, 4.69) is 19.1 Å². The summed E-state index contributed by atoms with van der Waals surface area (Å²) in [7, 11) is 1.72. The van der Waals surface area contributed by atoms with Crippen molar-refractivity contribution in [1.82, 2.24) is 0 Å². The van der Waals surface area contributed by atoms with Crippen LogP contribution in [0, 0.1) is 0 Å². The second-order valence-electron chi connectivity index (χ2n) is 11.1. The van der Waals surface area contributed by atoms with Crippen LogP contribution in [0.4, 0.5) is 0 Å². The molecule has 0 aliphatic rings. The van der Waals surface area contributed by atoms with Crippen molar-refractivity contribution < 1.29 is 27.7 Å². The van der Waals surface area contributed by atoms with Gasteiger partial charge in [-0.25, -0.2) is 0 Å². The van der Waals surface area contributed by atoms with Gasteiger partial charge in [0.05, 0.1) is 34.4 Å². The van der Waals surface area contributed by atoms with Crippen molar-refractivity contribution in [3.05, 3.63) is 12.2 Å². The van der Waals surface area contributed by atoms with Crippen LogP contribution in [0.25, 0.3) is 0 Å². The van der Waals surface area contributed by atoms with E-state index in [1.807, 2.05) is 21.1 Å². The van der Waals surface area contributed by atoms with Crippen LogP contribution in [0.1, 0.15) is 122 Å². The predicted molar refractivity (Wildman–Crippen MR) is 151 cm³/mol. The number of nitrogens with zero attached hydrogens (tertiary/aromatic N) is 1. The van der Waals surface area contributed by atoms with Crippen LogP contribution in [-0.4, -0.2) is 58.6 Å². The number of unbranched alkanes of at least 4 members (excludes halogenated alkanes) is 16. The van der Waals surface area contributed by atoms with Crippen molar-refractivity contribution in [2.75, 3.05) is 54.1 Å². The molecule has 1 unspecified atom stereocenters. The lowest BCUT2D eigenvalue weighted by Crippen LogP contribution is -2.37. The van der Waals surface area contributed by atoms with E-state index >= 15 is 0 Å². The first-order valence-electron chi connectivity index (χ1n) is 14.9. The summed E-state index contributed by atoms with van der Waals surface area (Å²) < 4.78 is 27.5. The molecule has 0 spiro atoms. The van der Waals surface area contributed by atoms with Gasteiger partial charge >= 0.3 is 0 Å². The topological polar surface area (TPSA) is 67.8 Å². The van der Waals surface area contributed by atoms with E-state index in [1.54, 1.807) is 0 Å². The Bertz CT molecular complexity index is 536. The summed E-state index contributed by atoms with van der Waals surface area (Å²) in [6, 6.07) is 0. The second kappa shape index (κ2) is 25.1. The lowest BCUT2D eigenvalue weighted by atomic mass is 10.1. The third-order valence-electron chi connectivity index (χ3n) is 6.29. The summed E-state index contributed by atoms with van der Waals surface area (Å²) in [4.78, 5) is 11.7. The fraction of sp³-hybridized carbons (Fsp3) is 0.931. The largest absolute Gasteiger partial charge is 0.756 e. The first-order valence-corrected chi connectivity index (χ1v) is 16.4. The minimum atomic E-state index is -4.22. The average Bonchev–Trinajstić information content (AvgIpc) is 2.80. The maximum absolute atomic E-state index is 11.7. The Hall–Kier alpha value is -0.230. The Labute approximate surface area is 224 Å². The molecule has 0 aliphatic carbocycles. The first kappa shape index (κ1) is 35.8. The number of phosphoric ester groups is 1. The van der Waals surface area contributed by atoms with Crippen molar-refractivity contribution in [2.45, 2.75) is 122 Å². The van der Waals surface area contributed by atoms with Gasteiger partial charge < -0.3 is 23.2 Å². The van der Waals surface area contributed by atoms with E-state index in [0.717, 1.165) is 6.42 Å². The molecule has 0 aromatic heterocycles. The zero-order valence-corrected chi connectivity index (χ0v) is 25.2. The molecule has 216 valence electrons. The number of rotatable bonds is 28. The summed E-state index contributed by atoms with van der Waals surface area (Å²) in [6.07, 6.45) is 28.5. The maximum atomic E-state index is 11.7. The lowest BCUT2D eigenvalue weighted by Gasteiger charge is -2.27. The van der Waals surface area contributed by atoms with Gasteiger partial charge in [0.15, 0.2) is 0 Å². The summed E-state index contributed by atoms with van der Waals surface area (Å²) in [5.41, 5.74) is 0. The lowest BCUT2D eigenvalue weighted by molar-refractivity contribution is -0.870. The predicted octanol–water partition coefficient (Wildman–Crippen LogP) is 7.81. The van der Waals surface area contributed by atoms with Crippen molar-refractivity contribution in [3.63, 3.8) is 0 Å². The Morgan fingerprint density at radius 3 is 1.56 bits per heavy atom. The van der Waals surface area contributed by atoms with Crippen molar-refractivity contribution in [3.8, 4) is 0 Å². The van der Waals surface area contributed by atoms with E-state index in [-0.39, 0.29) is 19.8 Å². The van der Waals surface area contributed by atoms with Gasteiger partial charge in [-0.1, -0.05) is 103 Å². The monoisotopic (exact) mass is 533 g/mol. The van der Waals surface area contributed by atoms with E-state index in [1.165, 1.54) is 109 Å². The number of phosphoric acid groups is 1. The maximum Gasteiger partial charge on any atom is 0.268 e. The fourth-order valence-electron chi connectivity index (χ4n) is 3.93. The third-order valence-corrected chi connectivity index (χ3v) is 7.29. The van der Waals surface area contributed by atoms with Crippen LogP contribution in [0.5, 0.6) is 0 Å². The van der Waals surface area contributed by atoms with Crippen molar-refractivity contribution in [1.29, 1.82) is 0 Å². The number of hydrogen-bond donors (Lipinski definition) is 0. The van der Waals surface area contributed by atoms with Crippen LogP contribution in [0.15, 0.2) is 12.2 Å². The van der Waals surface area contributed by atoms with Crippen molar-refractivity contribution >= 4 is 7.82 Å². The van der Waals surface area contributed by atoms with E-state index in [9.17, 15) is 9.46 Å². The van der Waals surface area contributed by atoms with Crippen LogP contribution < -0.4 is 4.89 Å². The molecule has 0 fully saturated rings. The van der Waals surface area contributed by atoms with Crippen molar-refractivity contribution in [2.24, 2.45) is 0 Å². The molecule has 0 aliphatic heterocycles. The molecule has 0 bridgehead atoms. The standard InChI is InChI=1S/C29H60NO5P/c1-5-6-7-8-9-10-11-12-13-14-15-16-17-18-19-20-21-22-23-24-26-33-28-29-35-36(31,32)34-27-25-30(2,3)4/h12-13H,5-11,14-29H2,1-4H3/b13-12-. The number of hydrogen-bond acceptors (Lipinski definition) is 5. The van der Waals surface area contributed by atoms with E-state index < -0.39 is 7.82 Å². The minimum absolute atomic E-state index is 0.0145. The van der Waals surface area contributed by atoms with Gasteiger partial charge in [-0.2, -0.15) is 0 Å². The van der Waals surface area contributed by atoms with Crippen LogP contribution >= 0.6 is 7.82 Å². The smallest absolute Gasteiger partial charge is 0.268 e. The molecule has 0 saturated carbocycles.